The quantitative estimate of drug-likeness (QED) is 0.815. The smallest absolute Gasteiger partial charge is 0.129 e. The van der Waals surface area contributed by atoms with E-state index < -0.39 is 0 Å². The number of hydrogen-bond donors (Lipinski definition) is 1. The van der Waals surface area contributed by atoms with E-state index in [9.17, 15) is 0 Å². The molecule has 0 fully saturated rings. The zero-order chi connectivity index (χ0) is 12.1. The summed E-state index contributed by atoms with van der Waals surface area (Å²) in [5.41, 5.74) is 7.31. The molecule has 0 unspecified atom stereocenters. The maximum atomic E-state index is 8.56. The molecule has 2 aromatic carbocycles. The lowest BCUT2D eigenvalue weighted by Crippen LogP contribution is -1.88. The fourth-order valence-corrected chi connectivity index (χ4v) is 1.48. The summed E-state index contributed by atoms with van der Waals surface area (Å²) < 4.78 is 5.63. The molecule has 0 aliphatic rings. The molecule has 0 heterocycles. The molecule has 2 aromatic rings. The van der Waals surface area contributed by atoms with Gasteiger partial charge in [0.15, 0.2) is 0 Å². The van der Waals surface area contributed by atoms with Gasteiger partial charge in [-0.15, -0.1) is 0 Å². The third kappa shape index (κ3) is 2.99. The van der Waals surface area contributed by atoms with E-state index in [-0.39, 0.29) is 0 Å². The lowest BCUT2D eigenvalue weighted by molar-refractivity contribution is 0.483. The van der Waals surface area contributed by atoms with Crippen LogP contribution in [0.3, 0.4) is 0 Å². The zero-order valence-electron chi connectivity index (χ0n) is 9.26. The van der Waals surface area contributed by atoms with Gasteiger partial charge >= 0.3 is 0 Å². The lowest BCUT2D eigenvalue weighted by Gasteiger charge is -2.06. The van der Waals surface area contributed by atoms with Gasteiger partial charge in [-0.25, -0.2) is 0 Å². The second-order valence-corrected chi connectivity index (χ2v) is 3.65. The van der Waals surface area contributed by atoms with Gasteiger partial charge in [0.05, 0.1) is 12.5 Å². The maximum Gasteiger partial charge on any atom is 0.129 e. The number of anilines is 1. The number of nitrogen functional groups attached to an aromatic ring is 1. The fraction of sp³-hybridized carbons (Fsp3) is 0.0714. The Balaban J connectivity index is 2.11. The second kappa shape index (κ2) is 5.04. The first-order chi connectivity index (χ1) is 8.28. The summed E-state index contributed by atoms with van der Waals surface area (Å²) >= 11 is 0. The van der Waals surface area contributed by atoms with Crippen LogP contribution in [0.2, 0.25) is 0 Å². The first-order valence-corrected chi connectivity index (χ1v) is 5.27. The van der Waals surface area contributed by atoms with Crippen LogP contribution in [0, 0.1) is 11.3 Å². The Morgan fingerprint density at radius 3 is 2.47 bits per heavy atom. The molecule has 0 atom stereocenters. The Bertz CT molecular complexity index is 541. The summed E-state index contributed by atoms with van der Waals surface area (Å²) in [6.45, 7) is 0. The van der Waals surface area contributed by atoms with Crippen LogP contribution < -0.4 is 10.5 Å². The minimum atomic E-state index is 0.415. The number of ether oxygens (including phenoxy) is 1. The molecule has 0 amide bonds. The van der Waals surface area contributed by atoms with E-state index in [1.807, 2.05) is 42.5 Å². The normalized spacial score (nSPS) is 9.59. The minimum Gasteiger partial charge on any atom is -0.457 e. The first kappa shape index (κ1) is 11.0. The predicted molar refractivity (Wildman–Crippen MR) is 66.7 cm³/mol. The maximum absolute atomic E-state index is 8.56. The highest BCUT2D eigenvalue weighted by Crippen LogP contribution is 2.23. The zero-order valence-corrected chi connectivity index (χ0v) is 9.26. The Hall–Kier alpha value is -2.47. The number of nitriles is 1. The summed E-state index contributed by atoms with van der Waals surface area (Å²) in [7, 11) is 0. The van der Waals surface area contributed by atoms with Crippen molar-refractivity contribution in [1.82, 2.24) is 0 Å². The first-order valence-electron chi connectivity index (χ1n) is 5.27. The van der Waals surface area contributed by atoms with Crippen molar-refractivity contribution in [2.24, 2.45) is 0 Å². The van der Waals surface area contributed by atoms with Crippen LogP contribution in [0.4, 0.5) is 5.69 Å². The van der Waals surface area contributed by atoms with E-state index in [2.05, 4.69) is 6.07 Å². The highest BCUT2D eigenvalue weighted by atomic mass is 16.5. The molecule has 0 spiro atoms. The largest absolute Gasteiger partial charge is 0.457 e. The molecule has 0 radical (unpaired) electrons. The molecule has 0 saturated heterocycles. The van der Waals surface area contributed by atoms with E-state index in [4.69, 9.17) is 15.7 Å². The van der Waals surface area contributed by atoms with Gasteiger partial charge in [0.1, 0.15) is 11.5 Å². The highest BCUT2D eigenvalue weighted by Gasteiger charge is 1.98. The number of rotatable bonds is 3. The number of hydrogen-bond acceptors (Lipinski definition) is 3. The van der Waals surface area contributed by atoms with Gasteiger partial charge in [-0.1, -0.05) is 18.2 Å². The molecular weight excluding hydrogens is 212 g/mol. The van der Waals surface area contributed by atoms with Gasteiger partial charge < -0.3 is 10.5 Å². The average Bonchev–Trinajstić information content (AvgIpc) is 2.32. The molecule has 3 heteroatoms. The topological polar surface area (TPSA) is 59.0 Å². The molecule has 2 rings (SSSR count). The summed E-state index contributed by atoms with van der Waals surface area (Å²) in [4.78, 5) is 0. The van der Waals surface area contributed by atoms with Gasteiger partial charge in [0.2, 0.25) is 0 Å². The SMILES string of the molecule is N#CCc1ccc(Oc2cccc(N)c2)cc1. The molecule has 0 aliphatic carbocycles. The standard InChI is InChI=1S/C14H12N2O/c15-9-8-11-4-6-13(7-5-11)17-14-3-1-2-12(16)10-14/h1-7,10H,8,16H2. The van der Waals surface area contributed by atoms with Crippen LogP contribution >= 0.6 is 0 Å². The fourth-order valence-electron chi connectivity index (χ4n) is 1.48. The molecule has 17 heavy (non-hydrogen) atoms. The molecule has 2 N–H and O–H groups in total. The monoisotopic (exact) mass is 224 g/mol. The van der Waals surface area contributed by atoms with Crippen molar-refractivity contribution >= 4 is 5.69 Å². The number of nitrogens with two attached hydrogens (primary N) is 1. The molecule has 0 aromatic heterocycles. The molecule has 84 valence electrons. The molecule has 0 saturated carbocycles. The summed E-state index contributed by atoms with van der Waals surface area (Å²) in [6.07, 6.45) is 0.415. The van der Waals surface area contributed by atoms with Crippen LogP contribution in [-0.4, -0.2) is 0 Å². The van der Waals surface area contributed by atoms with E-state index in [1.165, 1.54) is 0 Å². The Labute approximate surface area is 100 Å². The van der Waals surface area contributed by atoms with Gasteiger partial charge in [-0.3, -0.25) is 0 Å². The Kier molecular flexibility index (Phi) is 3.27. The third-order valence-electron chi connectivity index (χ3n) is 2.30. The molecule has 0 aliphatic heterocycles. The van der Waals surface area contributed by atoms with E-state index in [0.29, 0.717) is 17.9 Å². The predicted octanol–water partition coefficient (Wildman–Crippen LogP) is 3.13. The Morgan fingerprint density at radius 1 is 1.06 bits per heavy atom. The minimum absolute atomic E-state index is 0.415. The van der Waals surface area contributed by atoms with Crippen molar-refractivity contribution in [2.75, 3.05) is 5.73 Å². The summed E-state index contributed by atoms with van der Waals surface area (Å²) in [5.74, 6) is 1.44. The van der Waals surface area contributed by atoms with Crippen molar-refractivity contribution in [3.8, 4) is 17.6 Å². The van der Waals surface area contributed by atoms with Crippen molar-refractivity contribution in [3.63, 3.8) is 0 Å². The van der Waals surface area contributed by atoms with E-state index in [1.54, 1.807) is 6.07 Å². The lowest BCUT2D eigenvalue weighted by atomic mass is 10.2. The molecule has 0 bridgehead atoms. The van der Waals surface area contributed by atoms with Gasteiger partial charge in [0, 0.05) is 11.8 Å². The van der Waals surface area contributed by atoms with E-state index in [0.717, 1.165) is 11.3 Å². The number of benzene rings is 2. The van der Waals surface area contributed by atoms with Gasteiger partial charge in [0.25, 0.3) is 0 Å². The average molecular weight is 224 g/mol. The molecule has 3 nitrogen and oxygen atoms in total. The van der Waals surface area contributed by atoms with Crippen molar-refractivity contribution < 1.29 is 4.74 Å². The second-order valence-electron chi connectivity index (χ2n) is 3.65. The van der Waals surface area contributed by atoms with Crippen molar-refractivity contribution in [2.45, 2.75) is 6.42 Å². The Morgan fingerprint density at radius 2 is 1.82 bits per heavy atom. The summed E-state index contributed by atoms with van der Waals surface area (Å²) in [5, 5.41) is 8.56. The van der Waals surface area contributed by atoms with Crippen LogP contribution in [0.5, 0.6) is 11.5 Å². The van der Waals surface area contributed by atoms with Crippen molar-refractivity contribution in [1.29, 1.82) is 5.26 Å². The van der Waals surface area contributed by atoms with Gasteiger partial charge in [-0.2, -0.15) is 5.26 Å². The van der Waals surface area contributed by atoms with Crippen LogP contribution in [0.15, 0.2) is 48.5 Å². The van der Waals surface area contributed by atoms with Crippen LogP contribution in [0.25, 0.3) is 0 Å². The van der Waals surface area contributed by atoms with Crippen LogP contribution in [0.1, 0.15) is 5.56 Å². The summed E-state index contributed by atoms with van der Waals surface area (Å²) in [6, 6.07) is 16.8. The van der Waals surface area contributed by atoms with E-state index >= 15 is 0 Å². The van der Waals surface area contributed by atoms with Crippen LogP contribution in [-0.2, 0) is 6.42 Å². The van der Waals surface area contributed by atoms with Crippen molar-refractivity contribution in [3.05, 3.63) is 54.1 Å². The third-order valence-corrected chi connectivity index (χ3v) is 2.30. The highest BCUT2D eigenvalue weighted by molar-refractivity contribution is 5.45. The molecular formula is C14H12N2O. The number of nitrogens with zero attached hydrogens (tertiary/aromatic N) is 1. The van der Waals surface area contributed by atoms with Gasteiger partial charge in [-0.05, 0) is 29.8 Å².